The van der Waals surface area contributed by atoms with E-state index in [0.717, 1.165) is 19.4 Å². The summed E-state index contributed by atoms with van der Waals surface area (Å²) >= 11 is 0. The monoisotopic (exact) mass is 167 g/mol. The van der Waals surface area contributed by atoms with Crippen LogP contribution in [0.15, 0.2) is 0 Å². The van der Waals surface area contributed by atoms with E-state index in [0.29, 0.717) is 11.5 Å². The zero-order chi connectivity index (χ0) is 8.23. The van der Waals surface area contributed by atoms with Gasteiger partial charge in [0.05, 0.1) is 5.60 Å². The fraction of sp³-hybridized carbons (Fsp3) is 1.00. The molecule has 2 nitrogen and oxygen atoms in total. The molecule has 2 N–H and O–H groups in total. The first-order valence-corrected chi connectivity index (χ1v) is 5.23. The van der Waals surface area contributed by atoms with Crippen LogP contribution in [-0.2, 0) is 0 Å². The molecule has 2 heteroatoms. The molecule has 0 bridgehead atoms. The van der Waals surface area contributed by atoms with Gasteiger partial charge in [-0.1, -0.05) is 0 Å². The van der Waals surface area contributed by atoms with Crippen LogP contribution in [0, 0.1) is 5.92 Å². The fourth-order valence-corrected chi connectivity index (χ4v) is 3.17. The van der Waals surface area contributed by atoms with Crippen molar-refractivity contribution in [3.05, 3.63) is 0 Å². The second kappa shape index (κ2) is 2.05. The maximum atomic E-state index is 10.2. The number of hydrogen-bond donors (Lipinski definition) is 2. The van der Waals surface area contributed by atoms with Gasteiger partial charge in [-0.3, -0.25) is 0 Å². The van der Waals surface area contributed by atoms with Crippen molar-refractivity contribution in [1.82, 2.24) is 5.32 Å². The molecule has 0 radical (unpaired) electrons. The first-order valence-electron chi connectivity index (χ1n) is 5.23. The fourth-order valence-electron chi connectivity index (χ4n) is 3.17. The van der Waals surface area contributed by atoms with Crippen LogP contribution in [0.1, 0.15) is 38.5 Å². The summed E-state index contributed by atoms with van der Waals surface area (Å²) in [5.74, 6) is 0.590. The van der Waals surface area contributed by atoms with Gasteiger partial charge in [-0.2, -0.15) is 0 Å². The van der Waals surface area contributed by atoms with Gasteiger partial charge in [-0.25, -0.2) is 0 Å². The Hall–Kier alpha value is -0.0800. The molecule has 1 unspecified atom stereocenters. The van der Waals surface area contributed by atoms with Gasteiger partial charge in [-0.15, -0.1) is 0 Å². The molecule has 1 atom stereocenters. The van der Waals surface area contributed by atoms with E-state index in [1.165, 1.54) is 25.7 Å². The third-order valence-corrected chi connectivity index (χ3v) is 4.44. The van der Waals surface area contributed by atoms with Crippen LogP contribution in [-0.4, -0.2) is 22.8 Å². The lowest BCUT2D eigenvalue weighted by Crippen LogP contribution is -2.75. The highest BCUT2D eigenvalue weighted by Crippen LogP contribution is 2.53. The van der Waals surface area contributed by atoms with Crippen LogP contribution in [0.25, 0.3) is 0 Å². The van der Waals surface area contributed by atoms with Gasteiger partial charge in [0.2, 0.25) is 0 Å². The molecule has 68 valence electrons. The van der Waals surface area contributed by atoms with Crippen molar-refractivity contribution in [2.45, 2.75) is 49.7 Å². The van der Waals surface area contributed by atoms with E-state index in [4.69, 9.17) is 0 Å². The van der Waals surface area contributed by atoms with E-state index in [2.05, 4.69) is 5.32 Å². The number of hydrogen-bond acceptors (Lipinski definition) is 2. The molecule has 0 aromatic rings. The van der Waals surface area contributed by atoms with Crippen molar-refractivity contribution in [3.63, 3.8) is 0 Å². The first-order chi connectivity index (χ1) is 5.75. The molecule has 0 aromatic heterocycles. The Balaban J connectivity index is 1.76. The Kier molecular flexibility index (Phi) is 1.25. The van der Waals surface area contributed by atoms with Crippen molar-refractivity contribution in [2.24, 2.45) is 5.92 Å². The minimum absolute atomic E-state index is 0.258. The van der Waals surface area contributed by atoms with Crippen LogP contribution in [0.4, 0.5) is 0 Å². The van der Waals surface area contributed by atoms with Gasteiger partial charge >= 0.3 is 0 Å². The second-order valence-corrected chi connectivity index (χ2v) is 4.90. The minimum Gasteiger partial charge on any atom is -0.389 e. The molecule has 3 fully saturated rings. The maximum Gasteiger partial charge on any atom is 0.0705 e. The molecule has 0 aromatic carbocycles. The average Bonchev–Trinajstić information content (AvgIpc) is 1.78. The number of aliphatic hydroxyl groups is 1. The lowest BCUT2D eigenvalue weighted by Gasteiger charge is -2.64. The van der Waals surface area contributed by atoms with Gasteiger partial charge < -0.3 is 10.4 Å². The first kappa shape index (κ1) is 7.34. The minimum atomic E-state index is -0.258. The summed E-state index contributed by atoms with van der Waals surface area (Å²) in [7, 11) is 0. The zero-order valence-electron chi connectivity index (χ0n) is 7.47. The summed E-state index contributed by atoms with van der Waals surface area (Å²) < 4.78 is 0. The smallest absolute Gasteiger partial charge is 0.0705 e. The van der Waals surface area contributed by atoms with Crippen LogP contribution >= 0.6 is 0 Å². The van der Waals surface area contributed by atoms with Crippen LogP contribution in [0.5, 0.6) is 0 Å². The second-order valence-electron chi connectivity index (χ2n) is 4.90. The molecular weight excluding hydrogens is 150 g/mol. The predicted molar refractivity (Wildman–Crippen MR) is 46.9 cm³/mol. The molecule has 12 heavy (non-hydrogen) atoms. The highest BCUT2D eigenvalue weighted by Gasteiger charge is 2.60. The van der Waals surface area contributed by atoms with Crippen molar-refractivity contribution >= 4 is 0 Å². The van der Waals surface area contributed by atoms with E-state index in [1.807, 2.05) is 0 Å². The normalized spacial score (nSPS) is 41.2. The summed E-state index contributed by atoms with van der Waals surface area (Å²) in [6.45, 7) is 1.07. The van der Waals surface area contributed by atoms with Crippen LogP contribution < -0.4 is 5.32 Å². The van der Waals surface area contributed by atoms with E-state index < -0.39 is 0 Å². The molecule has 3 aliphatic rings. The Labute approximate surface area is 73.4 Å². The van der Waals surface area contributed by atoms with E-state index >= 15 is 0 Å². The van der Waals surface area contributed by atoms with Crippen molar-refractivity contribution in [3.8, 4) is 0 Å². The molecule has 1 heterocycles. The average molecular weight is 167 g/mol. The lowest BCUT2D eigenvalue weighted by atomic mass is 9.53. The molecule has 1 aliphatic heterocycles. The van der Waals surface area contributed by atoms with E-state index in [1.54, 1.807) is 0 Å². The molecular formula is C10H17NO. The Morgan fingerprint density at radius 3 is 2.00 bits per heavy atom. The lowest BCUT2D eigenvalue weighted by molar-refractivity contribution is -0.164. The maximum absolute atomic E-state index is 10.2. The summed E-state index contributed by atoms with van der Waals surface area (Å²) in [5, 5.41) is 13.7. The standard InChI is InChI=1S/C10H17NO/c12-10(5-2-6-10)8-7-11-9(8)3-1-4-9/h8,11-12H,1-7H2. The molecule has 1 saturated heterocycles. The van der Waals surface area contributed by atoms with Crippen LogP contribution in [0.3, 0.4) is 0 Å². The summed E-state index contributed by atoms with van der Waals surface area (Å²) in [5.41, 5.74) is 0.140. The topological polar surface area (TPSA) is 32.3 Å². The summed E-state index contributed by atoms with van der Waals surface area (Å²) in [6.07, 6.45) is 7.32. The third kappa shape index (κ3) is 0.686. The van der Waals surface area contributed by atoms with Gasteiger partial charge in [0.15, 0.2) is 0 Å². The SMILES string of the molecule is OC1(C2CNC23CCC3)CCC1. The largest absolute Gasteiger partial charge is 0.389 e. The Bertz CT molecular complexity index is 184. The highest BCUT2D eigenvalue weighted by atomic mass is 16.3. The predicted octanol–water partition coefficient (Wildman–Crippen LogP) is 1.04. The molecule has 2 aliphatic carbocycles. The summed E-state index contributed by atoms with van der Waals surface area (Å²) in [4.78, 5) is 0. The van der Waals surface area contributed by atoms with Crippen LogP contribution in [0.2, 0.25) is 0 Å². The zero-order valence-corrected chi connectivity index (χ0v) is 7.47. The van der Waals surface area contributed by atoms with E-state index in [-0.39, 0.29) is 5.60 Å². The highest BCUT2D eigenvalue weighted by molar-refractivity contribution is 5.16. The Morgan fingerprint density at radius 2 is 1.75 bits per heavy atom. The number of nitrogens with one attached hydrogen (secondary N) is 1. The van der Waals surface area contributed by atoms with Gasteiger partial charge in [0, 0.05) is 18.0 Å². The molecule has 1 spiro atoms. The quantitative estimate of drug-likeness (QED) is 0.611. The van der Waals surface area contributed by atoms with Crippen molar-refractivity contribution in [1.29, 1.82) is 0 Å². The number of rotatable bonds is 1. The van der Waals surface area contributed by atoms with Gasteiger partial charge in [-0.05, 0) is 38.5 Å². The van der Waals surface area contributed by atoms with Gasteiger partial charge in [0.1, 0.15) is 0 Å². The van der Waals surface area contributed by atoms with Gasteiger partial charge in [0.25, 0.3) is 0 Å². The van der Waals surface area contributed by atoms with Crippen molar-refractivity contribution in [2.75, 3.05) is 6.54 Å². The Morgan fingerprint density at radius 1 is 1.08 bits per heavy atom. The van der Waals surface area contributed by atoms with Crippen molar-refractivity contribution < 1.29 is 5.11 Å². The molecule has 3 rings (SSSR count). The molecule has 0 amide bonds. The molecule has 2 saturated carbocycles. The third-order valence-electron chi connectivity index (χ3n) is 4.44. The van der Waals surface area contributed by atoms with E-state index in [9.17, 15) is 5.11 Å². The summed E-state index contributed by atoms with van der Waals surface area (Å²) in [6, 6.07) is 0.